The third-order valence-electron chi connectivity index (χ3n) is 5.77. The van der Waals surface area contributed by atoms with Gasteiger partial charge in [-0.25, -0.2) is 23.8 Å². The predicted octanol–water partition coefficient (Wildman–Crippen LogP) is 5.70. The Morgan fingerprint density at radius 1 is 0.976 bits per heavy atom. The molecule has 1 aliphatic rings. The minimum atomic E-state index is -5.08. The number of carbonyl (C=O) groups is 1. The summed E-state index contributed by atoms with van der Waals surface area (Å²) in [7, 11) is 0. The lowest BCUT2D eigenvalue weighted by molar-refractivity contribution is -0.192. The fourth-order valence-electron chi connectivity index (χ4n) is 3.79. The Morgan fingerprint density at radius 2 is 1.64 bits per heavy atom. The fraction of sp³-hybridized carbons (Fsp3) is 0.231. The van der Waals surface area contributed by atoms with E-state index in [-0.39, 0.29) is 17.2 Å². The van der Waals surface area contributed by atoms with E-state index in [2.05, 4.69) is 20.4 Å². The summed E-state index contributed by atoms with van der Waals surface area (Å²) in [6.07, 6.45) is -5.27. The van der Waals surface area contributed by atoms with Crippen molar-refractivity contribution in [1.82, 2.24) is 19.7 Å². The van der Waals surface area contributed by atoms with Crippen LogP contribution in [0.1, 0.15) is 5.56 Å². The zero-order valence-electron chi connectivity index (χ0n) is 21.3. The minimum Gasteiger partial charge on any atom is -0.475 e. The molecule has 0 spiro atoms. The molecule has 0 atom stereocenters. The van der Waals surface area contributed by atoms with Crippen molar-refractivity contribution in [2.45, 2.75) is 12.4 Å². The van der Waals surface area contributed by atoms with Crippen molar-refractivity contribution in [1.29, 1.82) is 0 Å². The number of morpholine rings is 1. The summed E-state index contributed by atoms with van der Waals surface area (Å²) in [4.78, 5) is 18.8. The zero-order chi connectivity index (χ0) is 30.5. The summed E-state index contributed by atoms with van der Waals surface area (Å²) in [5, 5.41) is 14.3. The number of hydrogen-bond acceptors (Lipinski definition) is 7. The lowest BCUT2D eigenvalue weighted by Crippen LogP contribution is -2.36. The van der Waals surface area contributed by atoms with Crippen LogP contribution in [-0.4, -0.2) is 63.3 Å². The minimum absolute atomic E-state index is 0.0123. The highest BCUT2D eigenvalue weighted by Gasteiger charge is 2.38. The van der Waals surface area contributed by atoms with Gasteiger partial charge in [-0.1, -0.05) is 0 Å². The Hall–Kier alpha value is -4.73. The van der Waals surface area contributed by atoms with Gasteiger partial charge in [-0.05, 0) is 48.5 Å². The highest BCUT2D eigenvalue weighted by Crippen LogP contribution is 2.36. The molecule has 2 aromatic carbocycles. The number of ether oxygens (including phenoxy) is 1. The molecule has 1 saturated heterocycles. The summed E-state index contributed by atoms with van der Waals surface area (Å²) >= 11 is 0. The third-order valence-corrected chi connectivity index (χ3v) is 5.77. The number of nitrogens with zero attached hydrogens (tertiary/aromatic N) is 5. The quantitative estimate of drug-likeness (QED) is 0.282. The molecule has 9 nitrogen and oxygen atoms in total. The van der Waals surface area contributed by atoms with E-state index < -0.39 is 29.7 Å². The van der Waals surface area contributed by atoms with Gasteiger partial charge in [0.1, 0.15) is 5.69 Å². The molecular weight excluding hydrogens is 577 g/mol. The number of carboxylic acid groups (broad SMARTS) is 1. The molecule has 0 amide bonds. The number of carboxylic acids is 1. The molecule has 1 fully saturated rings. The number of rotatable bonds is 5. The van der Waals surface area contributed by atoms with Crippen LogP contribution in [-0.2, 0) is 15.7 Å². The highest BCUT2D eigenvalue weighted by molar-refractivity contribution is 5.73. The van der Waals surface area contributed by atoms with Gasteiger partial charge in [0.2, 0.25) is 5.95 Å². The number of nitrogens with one attached hydrogen (secondary N) is 1. The molecule has 0 aliphatic carbocycles. The second-order valence-corrected chi connectivity index (χ2v) is 8.68. The maximum absolute atomic E-state index is 14.7. The van der Waals surface area contributed by atoms with Gasteiger partial charge in [0.25, 0.3) is 0 Å². The number of hydrogen-bond donors (Lipinski definition) is 2. The maximum Gasteiger partial charge on any atom is 0.490 e. The first-order chi connectivity index (χ1) is 19.8. The average Bonchev–Trinajstić information content (AvgIpc) is 3.49. The Labute approximate surface area is 233 Å². The van der Waals surface area contributed by atoms with Crippen LogP contribution >= 0.6 is 0 Å². The van der Waals surface area contributed by atoms with E-state index in [1.165, 1.54) is 6.07 Å². The van der Waals surface area contributed by atoms with Crippen molar-refractivity contribution < 1.29 is 45.4 Å². The summed E-state index contributed by atoms with van der Waals surface area (Å²) in [5.74, 6) is -3.53. The SMILES string of the molecule is Fc1cnc(Nc2ccc(-n3cccn3)cc2)nc1-c1cc(N2CCOCC2)cc(C(F)(F)F)c1.O=C(O)C(F)(F)F. The number of aliphatic carboxylic acids is 1. The van der Waals surface area contributed by atoms with Crippen molar-refractivity contribution >= 4 is 23.3 Å². The van der Waals surface area contributed by atoms with Crippen molar-refractivity contribution in [2.24, 2.45) is 0 Å². The lowest BCUT2D eigenvalue weighted by Gasteiger charge is -2.29. The Morgan fingerprint density at radius 3 is 2.21 bits per heavy atom. The number of anilines is 3. The monoisotopic (exact) mass is 598 g/mol. The van der Waals surface area contributed by atoms with Crippen LogP contribution in [0.5, 0.6) is 0 Å². The Bertz CT molecular complexity index is 1500. The molecule has 0 bridgehead atoms. The Kier molecular flexibility index (Phi) is 8.94. The van der Waals surface area contributed by atoms with E-state index in [1.807, 2.05) is 12.1 Å². The number of aromatic nitrogens is 4. The predicted molar refractivity (Wildman–Crippen MR) is 136 cm³/mol. The van der Waals surface area contributed by atoms with Crippen LogP contribution in [0.2, 0.25) is 0 Å². The fourth-order valence-corrected chi connectivity index (χ4v) is 3.79. The van der Waals surface area contributed by atoms with E-state index in [9.17, 15) is 30.7 Å². The summed E-state index contributed by atoms with van der Waals surface area (Å²) in [6, 6.07) is 12.5. The zero-order valence-corrected chi connectivity index (χ0v) is 21.3. The smallest absolute Gasteiger partial charge is 0.475 e. The second kappa shape index (κ2) is 12.4. The molecule has 42 heavy (non-hydrogen) atoms. The second-order valence-electron chi connectivity index (χ2n) is 8.68. The van der Waals surface area contributed by atoms with Crippen molar-refractivity contribution in [3.8, 4) is 16.9 Å². The standard InChI is InChI=1S/C24H20F4N6O.C2HF3O2/c25-21-15-29-23(31-18-2-4-19(5-3-18)34-7-1-6-30-34)32-22(21)16-12-17(24(26,27)28)14-20(13-16)33-8-10-35-11-9-33;3-2(4,5)1(6)7/h1-7,12-15H,8-11H2,(H,29,31,32);(H,6,7). The van der Waals surface area contributed by atoms with Crippen molar-refractivity contribution in [3.05, 3.63) is 78.5 Å². The van der Waals surface area contributed by atoms with Gasteiger partial charge in [-0.2, -0.15) is 31.4 Å². The van der Waals surface area contributed by atoms with Crippen LogP contribution in [0.25, 0.3) is 16.9 Å². The average molecular weight is 598 g/mol. The van der Waals surface area contributed by atoms with Gasteiger partial charge in [0.15, 0.2) is 5.82 Å². The van der Waals surface area contributed by atoms with Gasteiger partial charge in [-0.3, -0.25) is 0 Å². The van der Waals surface area contributed by atoms with E-state index in [1.54, 1.807) is 40.2 Å². The van der Waals surface area contributed by atoms with Gasteiger partial charge in [0.05, 0.1) is 30.7 Å². The molecule has 0 unspecified atom stereocenters. The molecule has 2 aromatic heterocycles. The first-order valence-corrected chi connectivity index (χ1v) is 12.1. The molecule has 0 radical (unpaired) electrons. The molecule has 222 valence electrons. The molecule has 0 saturated carbocycles. The van der Waals surface area contributed by atoms with Crippen LogP contribution in [0.15, 0.2) is 67.1 Å². The number of halogens is 7. The molecule has 16 heteroatoms. The van der Waals surface area contributed by atoms with Gasteiger partial charge >= 0.3 is 18.3 Å². The molecule has 4 aromatic rings. The van der Waals surface area contributed by atoms with Crippen LogP contribution in [0.4, 0.5) is 48.1 Å². The van der Waals surface area contributed by atoms with E-state index in [4.69, 9.17) is 14.6 Å². The first-order valence-electron chi connectivity index (χ1n) is 12.1. The lowest BCUT2D eigenvalue weighted by atomic mass is 10.0. The first kappa shape index (κ1) is 30.2. The summed E-state index contributed by atoms with van der Waals surface area (Å²) in [6.45, 7) is 1.68. The van der Waals surface area contributed by atoms with Crippen LogP contribution in [0, 0.1) is 5.82 Å². The van der Waals surface area contributed by atoms with Gasteiger partial charge < -0.3 is 20.1 Å². The van der Waals surface area contributed by atoms with E-state index in [0.717, 1.165) is 24.0 Å². The highest BCUT2D eigenvalue weighted by atomic mass is 19.4. The van der Waals surface area contributed by atoms with Gasteiger partial charge in [0, 0.05) is 42.4 Å². The molecular formula is C26H21F7N6O3. The van der Waals surface area contributed by atoms with Crippen molar-refractivity contribution in [2.75, 3.05) is 36.5 Å². The number of benzene rings is 2. The normalized spacial score (nSPS) is 13.7. The topological polar surface area (TPSA) is 105 Å². The van der Waals surface area contributed by atoms with Crippen LogP contribution < -0.4 is 10.2 Å². The molecule has 5 rings (SSSR count). The molecule has 2 N–H and O–H groups in total. The third kappa shape index (κ3) is 7.72. The largest absolute Gasteiger partial charge is 0.490 e. The Balaban J connectivity index is 0.000000517. The van der Waals surface area contributed by atoms with Crippen LogP contribution in [0.3, 0.4) is 0 Å². The van der Waals surface area contributed by atoms with Gasteiger partial charge in [-0.15, -0.1) is 0 Å². The van der Waals surface area contributed by atoms with Crippen molar-refractivity contribution in [3.63, 3.8) is 0 Å². The summed E-state index contributed by atoms with van der Waals surface area (Å²) < 4.78 is 94.4. The molecule has 3 heterocycles. The molecule has 1 aliphatic heterocycles. The maximum atomic E-state index is 14.7. The van der Waals surface area contributed by atoms with E-state index in [0.29, 0.717) is 37.7 Å². The van der Waals surface area contributed by atoms with E-state index >= 15 is 0 Å². The number of alkyl halides is 6. The summed E-state index contributed by atoms with van der Waals surface area (Å²) in [5.41, 5.74) is 0.699.